The van der Waals surface area contributed by atoms with Gasteiger partial charge in [-0.2, -0.15) is 0 Å². The highest BCUT2D eigenvalue weighted by atomic mass is 19.1. The molecule has 0 saturated carbocycles. The Hall–Kier alpha value is -0.930. The third-order valence-corrected chi connectivity index (χ3v) is 3.38. The van der Waals surface area contributed by atoms with Crippen molar-refractivity contribution >= 4 is 0 Å². The van der Waals surface area contributed by atoms with E-state index in [-0.39, 0.29) is 18.0 Å². The number of nitrogens with one attached hydrogen (secondary N) is 1. The van der Waals surface area contributed by atoms with Gasteiger partial charge in [0, 0.05) is 13.2 Å². The molecular weight excluding hydrogens is 241 g/mol. The number of halogens is 1. The van der Waals surface area contributed by atoms with Crippen LogP contribution >= 0.6 is 0 Å². The van der Waals surface area contributed by atoms with E-state index >= 15 is 0 Å². The van der Waals surface area contributed by atoms with Crippen molar-refractivity contribution < 1.29 is 9.13 Å². The lowest BCUT2D eigenvalue weighted by Crippen LogP contribution is -2.45. The zero-order valence-electron chi connectivity index (χ0n) is 12.4. The molecule has 2 atom stereocenters. The largest absolute Gasteiger partial charge is 0.380 e. The van der Waals surface area contributed by atoms with Gasteiger partial charge >= 0.3 is 0 Å². The Balaban J connectivity index is 2.82. The van der Waals surface area contributed by atoms with Gasteiger partial charge in [-0.3, -0.25) is 0 Å². The highest BCUT2D eigenvalue weighted by Crippen LogP contribution is 2.17. The first-order valence-corrected chi connectivity index (χ1v) is 7.09. The first-order chi connectivity index (χ1) is 9.10. The third-order valence-electron chi connectivity index (χ3n) is 3.38. The van der Waals surface area contributed by atoms with Crippen molar-refractivity contribution in [2.24, 2.45) is 5.92 Å². The summed E-state index contributed by atoms with van der Waals surface area (Å²) in [6.07, 6.45) is 1.80. The molecule has 0 radical (unpaired) electrons. The molecule has 108 valence electrons. The number of rotatable bonds is 8. The van der Waals surface area contributed by atoms with E-state index in [0.717, 1.165) is 18.5 Å². The van der Waals surface area contributed by atoms with Gasteiger partial charge in [0.2, 0.25) is 0 Å². The molecule has 1 aromatic rings. The number of hydrogen-bond donors (Lipinski definition) is 1. The maximum Gasteiger partial charge on any atom is 0.126 e. The van der Waals surface area contributed by atoms with Crippen molar-refractivity contribution in [3.63, 3.8) is 0 Å². The van der Waals surface area contributed by atoms with Crippen molar-refractivity contribution in [3.8, 4) is 0 Å². The second kappa shape index (κ2) is 8.28. The molecule has 3 heteroatoms. The van der Waals surface area contributed by atoms with Crippen LogP contribution in [0.15, 0.2) is 24.3 Å². The van der Waals surface area contributed by atoms with Gasteiger partial charge in [0.05, 0.1) is 6.10 Å². The average molecular weight is 267 g/mol. The summed E-state index contributed by atoms with van der Waals surface area (Å²) in [5, 5.41) is 3.49. The van der Waals surface area contributed by atoms with Crippen LogP contribution in [0.25, 0.3) is 0 Å². The standard InChI is InChI=1S/C16H26FNO/c1-5-10-18-15(16(19-4)12(2)3)11-13-8-6-7-9-14(13)17/h6-9,12,15-16,18H,5,10-11H2,1-4H3. The minimum absolute atomic E-state index is 0.0890. The molecule has 2 unspecified atom stereocenters. The fourth-order valence-electron chi connectivity index (χ4n) is 2.44. The SMILES string of the molecule is CCCNC(Cc1ccccc1F)C(OC)C(C)C. The fourth-order valence-corrected chi connectivity index (χ4v) is 2.44. The molecule has 0 saturated heterocycles. The lowest BCUT2D eigenvalue weighted by molar-refractivity contribution is 0.0330. The van der Waals surface area contributed by atoms with Gasteiger partial charge in [-0.1, -0.05) is 39.0 Å². The van der Waals surface area contributed by atoms with E-state index in [9.17, 15) is 4.39 Å². The molecule has 0 amide bonds. The van der Waals surface area contributed by atoms with Crippen LogP contribution in [0.5, 0.6) is 0 Å². The van der Waals surface area contributed by atoms with Gasteiger partial charge in [-0.05, 0) is 36.9 Å². The molecule has 1 rings (SSSR count). The summed E-state index contributed by atoms with van der Waals surface area (Å²) in [6, 6.07) is 7.12. The van der Waals surface area contributed by atoms with E-state index in [0.29, 0.717) is 12.3 Å². The molecule has 1 aromatic carbocycles. The Morgan fingerprint density at radius 1 is 1.26 bits per heavy atom. The summed E-state index contributed by atoms with van der Waals surface area (Å²) in [4.78, 5) is 0. The molecular formula is C16H26FNO. The fraction of sp³-hybridized carbons (Fsp3) is 0.625. The first-order valence-electron chi connectivity index (χ1n) is 7.09. The van der Waals surface area contributed by atoms with Gasteiger partial charge in [-0.25, -0.2) is 4.39 Å². The molecule has 0 aliphatic rings. The molecule has 2 nitrogen and oxygen atoms in total. The van der Waals surface area contributed by atoms with Crippen LogP contribution in [0.4, 0.5) is 4.39 Å². The van der Waals surface area contributed by atoms with E-state index in [4.69, 9.17) is 4.74 Å². The Kier molecular flexibility index (Phi) is 7.03. The van der Waals surface area contributed by atoms with Gasteiger partial charge in [0.1, 0.15) is 5.82 Å². The van der Waals surface area contributed by atoms with E-state index in [2.05, 4.69) is 26.1 Å². The van der Waals surface area contributed by atoms with E-state index in [1.54, 1.807) is 13.2 Å². The zero-order chi connectivity index (χ0) is 14.3. The monoisotopic (exact) mass is 267 g/mol. The molecule has 0 spiro atoms. The van der Waals surface area contributed by atoms with Gasteiger partial charge in [-0.15, -0.1) is 0 Å². The van der Waals surface area contributed by atoms with Crippen molar-refractivity contribution in [1.82, 2.24) is 5.32 Å². The lowest BCUT2D eigenvalue weighted by Gasteiger charge is -2.30. The maximum absolute atomic E-state index is 13.8. The predicted molar refractivity (Wildman–Crippen MR) is 77.8 cm³/mol. The highest BCUT2D eigenvalue weighted by Gasteiger charge is 2.24. The average Bonchev–Trinajstić information content (AvgIpc) is 2.38. The molecule has 0 aromatic heterocycles. The van der Waals surface area contributed by atoms with Crippen LogP contribution in [-0.2, 0) is 11.2 Å². The molecule has 0 aliphatic heterocycles. The van der Waals surface area contributed by atoms with Crippen molar-refractivity contribution in [2.45, 2.75) is 45.8 Å². The lowest BCUT2D eigenvalue weighted by atomic mass is 9.93. The van der Waals surface area contributed by atoms with Crippen molar-refractivity contribution in [1.29, 1.82) is 0 Å². The predicted octanol–water partition coefficient (Wildman–Crippen LogP) is 3.41. The molecule has 0 heterocycles. The number of benzene rings is 1. The van der Waals surface area contributed by atoms with Crippen LogP contribution in [0, 0.1) is 11.7 Å². The smallest absolute Gasteiger partial charge is 0.126 e. The first kappa shape index (κ1) is 16.1. The molecule has 0 aliphatic carbocycles. The third kappa shape index (κ3) is 4.92. The molecule has 1 N–H and O–H groups in total. The van der Waals surface area contributed by atoms with E-state index in [1.165, 1.54) is 6.07 Å². The summed E-state index contributed by atoms with van der Waals surface area (Å²) in [5.41, 5.74) is 0.749. The summed E-state index contributed by atoms with van der Waals surface area (Å²) in [5.74, 6) is 0.260. The highest BCUT2D eigenvalue weighted by molar-refractivity contribution is 5.18. The summed E-state index contributed by atoms with van der Waals surface area (Å²) < 4.78 is 19.4. The minimum atomic E-state index is -0.135. The molecule has 0 bridgehead atoms. The van der Waals surface area contributed by atoms with Gasteiger partial charge < -0.3 is 10.1 Å². The molecule has 19 heavy (non-hydrogen) atoms. The Morgan fingerprint density at radius 3 is 2.47 bits per heavy atom. The van der Waals surface area contributed by atoms with Gasteiger partial charge in [0.15, 0.2) is 0 Å². The number of methoxy groups -OCH3 is 1. The van der Waals surface area contributed by atoms with Crippen LogP contribution in [-0.4, -0.2) is 25.8 Å². The topological polar surface area (TPSA) is 21.3 Å². The summed E-state index contributed by atoms with van der Waals surface area (Å²) >= 11 is 0. The van der Waals surface area contributed by atoms with Crippen molar-refractivity contribution in [2.75, 3.05) is 13.7 Å². The Bertz CT molecular complexity index is 368. The van der Waals surface area contributed by atoms with E-state index < -0.39 is 0 Å². The second-order valence-corrected chi connectivity index (χ2v) is 5.30. The quantitative estimate of drug-likeness (QED) is 0.779. The van der Waals surface area contributed by atoms with Crippen LogP contribution in [0.2, 0.25) is 0 Å². The normalized spacial score (nSPS) is 14.6. The van der Waals surface area contributed by atoms with E-state index in [1.807, 2.05) is 12.1 Å². The maximum atomic E-state index is 13.8. The Labute approximate surface area is 116 Å². The summed E-state index contributed by atoms with van der Waals surface area (Å²) in [6.45, 7) is 7.32. The number of hydrogen-bond acceptors (Lipinski definition) is 2. The van der Waals surface area contributed by atoms with Gasteiger partial charge in [0.25, 0.3) is 0 Å². The second-order valence-electron chi connectivity index (χ2n) is 5.30. The molecule has 0 fully saturated rings. The van der Waals surface area contributed by atoms with Crippen LogP contribution in [0.1, 0.15) is 32.8 Å². The number of ether oxygens (including phenoxy) is 1. The Morgan fingerprint density at radius 2 is 1.95 bits per heavy atom. The van der Waals surface area contributed by atoms with Crippen molar-refractivity contribution in [3.05, 3.63) is 35.6 Å². The minimum Gasteiger partial charge on any atom is -0.380 e. The summed E-state index contributed by atoms with van der Waals surface area (Å²) in [7, 11) is 1.73. The zero-order valence-corrected chi connectivity index (χ0v) is 12.4. The van der Waals surface area contributed by atoms with Crippen LogP contribution < -0.4 is 5.32 Å². The van der Waals surface area contributed by atoms with Crippen LogP contribution in [0.3, 0.4) is 0 Å².